The minimum Gasteiger partial charge on any atom is -0.550 e. The molecule has 0 spiro atoms. The third-order valence-corrected chi connectivity index (χ3v) is 8.66. The van der Waals surface area contributed by atoms with E-state index < -0.39 is 11.9 Å². The first-order valence-corrected chi connectivity index (χ1v) is 13.7. The van der Waals surface area contributed by atoms with E-state index in [0.29, 0.717) is 12.8 Å². The molecular weight excluding hydrogens is 414 g/mol. The number of rotatable bonds is 13. The Labute approximate surface area is 189 Å². The predicted molar refractivity (Wildman–Crippen MR) is 114 cm³/mol. The largest absolute Gasteiger partial charge is 2.00 e. The third-order valence-electron chi connectivity index (χ3n) is 5.20. The van der Waals surface area contributed by atoms with Crippen LogP contribution in [-0.4, -0.2) is 26.1 Å². The fraction of sp³-hybridized carbons (Fsp3) is 0.909. The summed E-state index contributed by atoms with van der Waals surface area (Å²) in [6, 6.07) is 0. The summed E-state index contributed by atoms with van der Waals surface area (Å²) in [5.41, 5.74) is 0. The van der Waals surface area contributed by atoms with Crippen LogP contribution in [0.2, 0.25) is 15.8 Å². The Kier molecular flexibility index (Phi) is 34.1. The number of unbranched alkanes of at least 4 members (excludes halogenated alkanes) is 2. The summed E-state index contributed by atoms with van der Waals surface area (Å²) in [6.07, 6.45) is 7.04. The summed E-state index contributed by atoms with van der Waals surface area (Å²) >= 11 is -0.171. The number of aliphatic carboxylic acids is 2. The molecule has 0 saturated heterocycles. The first-order valence-electron chi connectivity index (χ1n) is 11.2. The molecule has 0 rings (SSSR count). The van der Waals surface area contributed by atoms with Crippen LogP contribution < -0.4 is 10.2 Å². The van der Waals surface area contributed by atoms with Crippen LogP contribution in [-0.2, 0) is 26.1 Å². The Morgan fingerprint density at radius 3 is 1.07 bits per heavy atom. The molecule has 0 aliphatic heterocycles. The van der Waals surface area contributed by atoms with E-state index in [0.717, 1.165) is 38.5 Å². The van der Waals surface area contributed by atoms with Crippen molar-refractivity contribution in [2.45, 2.75) is 116 Å². The Balaban J connectivity index is -0.000000154. The smallest absolute Gasteiger partial charge is 0.550 e. The van der Waals surface area contributed by atoms with Crippen molar-refractivity contribution in [2.24, 2.45) is 11.8 Å². The summed E-state index contributed by atoms with van der Waals surface area (Å²) in [6.45, 7) is 14.9. The van der Waals surface area contributed by atoms with Crippen molar-refractivity contribution in [3.63, 3.8) is 0 Å². The van der Waals surface area contributed by atoms with Gasteiger partial charge in [-0.25, -0.2) is 0 Å². The monoisotopic (exact) mass is 458 g/mol. The maximum Gasteiger partial charge on any atom is 2.00 e. The normalized spacial score (nSPS) is 11.5. The summed E-state index contributed by atoms with van der Waals surface area (Å²) in [7, 11) is 0. The van der Waals surface area contributed by atoms with Crippen LogP contribution in [0.25, 0.3) is 0 Å². The molecule has 2 atom stereocenters. The van der Waals surface area contributed by atoms with Gasteiger partial charge in [0, 0.05) is 11.9 Å². The van der Waals surface area contributed by atoms with Crippen LogP contribution in [0, 0.1) is 11.8 Å². The van der Waals surface area contributed by atoms with Crippen molar-refractivity contribution in [2.75, 3.05) is 0 Å². The number of carboxylic acids is 2. The molecule has 28 heavy (non-hydrogen) atoms. The molecule has 0 aromatic heterocycles. The summed E-state index contributed by atoms with van der Waals surface area (Å²) < 4.78 is 0. The fourth-order valence-electron chi connectivity index (χ4n) is 2.74. The van der Waals surface area contributed by atoms with Gasteiger partial charge in [-0.2, -0.15) is 0 Å². The van der Waals surface area contributed by atoms with Crippen molar-refractivity contribution >= 4 is 26.1 Å². The van der Waals surface area contributed by atoms with Crippen LogP contribution in [0.3, 0.4) is 0 Å². The number of carbonyl (C=O) groups is 2. The Morgan fingerprint density at radius 1 is 0.679 bits per heavy atom. The zero-order valence-electron chi connectivity index (χ0n) is 19.5. The molecule has 0 aliphatic carbocycles. The first-order chi connectivity index (χ1) is 12.8. The molecule has 0 fully saturated rings. The Bertz CT molecular complexity index is 305. The van der Waals surface area contributed by atoms with Gasteiger partial charge in [-0.15, -0.1) is 0 Å². The van der Waals surface area contributed by atoms with Crippen molar-refractivity contribution in [3.8, 4) is 0 Å². The summed E-state index contributed by atoms with van der Waals surface area (Å²) in [5, 5.41) is 25.1. The molecule has 6 heteroatoms. The second-order valence-electron chi connectivity index (χ2n) is 7.22. The average Bonchev–Trinajstić information content (AvgIpc) is 2.65. The zero-order valence-corrected chi connectivity index (χ0v) is 21.6. The van der Waals surface area contributed by atoms with Gasteiger partial charge in [-0.3, -0.25) is 0 Å². The maximum atomic E-state index is 10.3. The molecule has 0 radical (unpaired) electrons. The Hall–Kier alpha value is -0.0340. The van der Waals surface area contributed by atoms with Crippen molar-refractivity contribution in [3.05, 3.63) is 0 Å². The molecule has 4 nitrogen and oxygen atoms in total. The summed E-state index contributed by atoms with van der Waals surface area (Å²) in [4.78, 5) is 20.7. The minimum atomic E-state index is -0.893. The number of carboxylic acid groups (broad SMARTS) is 2. The van der Waals surface area contributed by atoms with Gasteiger partial charge in [0.05, 0.1) is 0 Å². The van der Waals surface area contributed by atoms with E-state index in [9.17, 15) is 19.8 Å². The van der Waals surface area contributed by atoms with E-state index in [-0.39, 0.29) is 42.5 Å². The van der Waals surface area contributed by atoms with Crippen LogP contribution in [0.1, 0.15) is 99.8 Å². The van der Waals surface area contributed by atoms with Crippen LogP contribution >= 0.6 is 0 Å². The number of hydrogen-bond donors (Lipinski definition) is 0. The van der Waals surface area contributed by atoms with Crippen molar-refractivity contribution in [1.82, 2.24) is 0 Å². The van der Waals surface area contributed by atoms with Gasteiger partial charge in [-0.1, -0.05) is 90.0 Å². The van der Waals surface area contributed by atoms with Gasteiger partial charge in [0.1, 0.15) is 0 Å². The molecule has 0 N–H and O–H groups in total. The van der Waals surface area contributed by atoms with Crippen LogP contribution in [0.5, 0.6) is 0 Å². The Morgan fingerprint density at radius 2 is 0.964 bits per heavy atom. The van der Waals surface area contributed by atoms with E-state index in [1.807, 2.05) is 13.8 Å². The van der Waals surface area contributed by atoms with Gasteiger partial charge in [0.15, 0.2) is 0 Å². The molecule has 0 aliphatic rings. The third kappa shape index (κ3) is 24.0. The van der Waals surface area contributed by atoms with Crippen molar-refractivity contribution < 1.29 is 36.3 Å². The van der Waals surface area contributed by atoms with Gasteiger partial charge >= 0.3 is 16.5 Å². The number of hydrogen-bond acceptors (Lipinski definition) is 4. The molecule has 0 amide bonds. The van der Waals surface area contributed by atoms with Crippen molar-refractivity contribution in [1.29, 1.82) is 0 Å². The van der Waals surface area contributed by atoms with Crippen LogP contribution in [0.15, 0.2) is 0 Å². The molecule has 0 aromatic rings. The molecule has 2 unspecified atom stereocenters. The maximum absolute atomic E-state index is 10.3. The van der Waals surface area contributed by atoms with E-state index in [4.69, 9.17) is 0 Å². The van der Waals surface area contributed by atoms with Gasteiger partial charge in [0.25, 0.3) is 14.1 Å². The summed E-state index contributed by atoms with van der Waals surface area (Å²) in [5.74, 6) is -2.23. The molecule has 0 heterocycles. The molecule has 0 saturated carbocycles. The zero-order chi connectivity index (χ0) is 21.7. The van der Waals surface area contributed by atoms with E-state index in [2.05, 4.69) is 34.6 Å². The molecule has 0 aromatic carbocycles. The second-order valence-corrected chi connectivity index (χ2v) is 11.4. The predicted octanol–water partition coefficient (Wildman–Crippen LogP) is 4.44. The van der Waals surface area contributed by atoms with E-state index in [1.54, 1.807) is 0 Å². The molecule has 0 bridgehead atoms. The van der Waals surface area contributed by atoms with Gasteiger partial charge < -0.3 is 19.8 Å². The van der Waals surface area contributed by atoms with Gasteiger partial charge in [0.2, 0.25) is 0 Å². The SMILES string of the molecule is CCCCC(CC)C(=O)[O-].CCCCC(CC)C(=O)[O-].C[CH2][Al]([CH2]C)[CH2]C.[Ni+2]. The molecule has 170 valence electrons. The van der Waals surface area contributed by atoms with E-state index >= 15 is 0 Å². The first kappa shape index (κ1) is 35.4. The molecular formula is C22H45AlNiO4. The standard InChI is InChI=1S/2C8H16O2.3C2H5.Al.Ni/c2*1-3-5-6-7(4-2)8(9)10;3*1-2;;/h2*7H,3-6H2,1-2H3,(H,9,10);3*1H2,2H3;;/q;;;;;;+2/p-2. The topological polar surface area (TPSA) is 80.3 Å². The minimum absolute atomic E-state index is 0. The van der Waals surface area contributed by atoms with Crippen LogP contribution in [0.4, 0.5) is 0 Å². The number of carbonyl (C=O) groups excluding carboxylic acids is 2. The second kappa shape index (κ2) is 27.0. The van der Waals surface area contributed by atoms with Gasteiger partial charge in [-0.05, 0) is 37.5 Å². The quantitative estimate of drug-likeness (QED) is 0.382. The van der Waals surface area contributed by atoms with E-state index in [1.165, 1.54) is 15.8 Å². The average molecular weight is 459 g/mol. The fourth-order valence-corrected chi connectivity index (χ4v) is 4.48.